The van der Waals surface area contributed by atoms with Gasteiger partial charge in [-0.05, 0) is 49.3 Å². The van der Waals surface area contributed by atoms with Gasteiger partial charge in [0.1, 0.15) is 0 Å². The van der Waals surface area contributed by atoms with Crippen molar-refractivity contribution < 1.29 is 37.1 Å². The lowest BCUT2D eigenvalue weighted by Gasteiger charge is -2.19. The highest BCUT2D eigenvalue weighted by Gasteiger charge is 2.60. The number of carbonyl (C=O) groups is 4. The average Bonchev–Trinajstić information content (AvgIpc) is 3.39. The van der Waals surface area contributed by atoms with Gasteiger partial charge in [-0.25, -0.2) is 0 Å². The number of alkyl halides is 3. The Balaban J connectivity index is 1.23. The Morgan fingerprint density at radius 3 is 2.35 bits per heavy atom. The van der Waals surface area contributed by atoms with Crippen LogP contribution in [0.5, 0.6) is 0 Å². The maximum absolute atomic E-state index is 12.7. The summed E-state index contributed by atoms with van der Waals surface area (Å²) in [5.41, 5.74) is -0.995. The van der Waals surface area contributed by atoms with Crippen LogP contribution in [0.4, 0.5) is 18.9 Å². The van der Waals surface area contributed by atoms with E-state index in [2.05, 4.69) is 5.32 Å². The van der Waals surface area contributed by atoms with Crippen molar-refractivity contribution in [3.05, 3.63) is 29.8 Å². The summed E-state index contributed by atoms with van der Waals surface area (Å²) in [7, 11) is 0. The molecule has 0 aromatic heterocycles. The highest BCUT2D eigenvalue weighted by Crippen LogP contribution is 2.56. The number of imide groups is 1. The van der Waals surface area contributed by atoms with Crippen LogP contribution in [0.25, 0.3) is 0 Å². The lowest BCUT2D eigenvalue weighted by atomic mass is 9.81. The van der Waals surface area contributed by atoms with Crippen LogP contribution in [-0.4, -0.2) is 41.7 Å². The number of ether oxygens (including phenoxy) is 1. The number of nitrogens with zero attached hydrogens (tertiary/aromatic N) is 1. The number of anilines is 1. The zero-order valence-electron chi connectivity index (χ0n) is 16.5. The van der Waals surface area contributed by atoms with E-state index in [0.717, 1.165) is 42.4 Å². The first-order valence-electron chi connectivity index (χ1n) is 10.1. The zero-order valence-corrected chi connectivity index (χ0v) is 16.5. The van der Waals surface area contributed by atoms with Gasteiger partial charge in [0.05, 0.1) is 23.8 Å². The predicted molar refractivity (Wildman–Crippen MR) is 100 cm³/mol. The fraction of sp³-hybridized carbons (Fsp3) is 0.524. The van der Waals surface area contributed by atoms with E-state index in [4.69, 9.17) is 4.74 Å². The molecule has 2 saturated carbocycles. The average molecular weight is 438 g/mol. The van der Waals surface area contributed by atoms with Crippen molar-refractivity contribution in [2.45, 2.75) is 31.9 Å². The fourth-order valence-corrected chi connectivity index (χ4v) is 5.08. The van der Waals surface area contributed by atoms with Gasteiger partial charge in [0.15, 0.2) is 6.61 Å². The molecule has 166 valence electrons. The summed E-state index contributed by atoms with van der Waals surface area (Å²) in [5.74, 6) is -2.05. The second-order valence-electron chi connectivity index (χ2n) is 8.25. The lowest BCUT2D eigenvalue weighted by Crippen LogP contribution is -2.35. The minimum Gasteiger partial charge on any atom is -0.456 e. The molecule has 2 bridgehead atoms. The van der Waals surface area contributed by atoms with Gasteiger partial charge >= 0.3 is 12.1 Å². The molecule has 3 amide bonds. The van der Waals surface area contributed by atoms with Gasteiger partial charge in [0.25, 0.3) is 5.91 Å². The monoisotopic (exact) mass is 438 g/mol. The Morgan fingerprint density at radius 1 is 1.10 bits per heavy atom. The van der Waals surface area contributed by atoms with Crippen LogP contribution in [0.1, 0.15) is 31.2 Å². The van der Waals surface area contributed by atoms with Crippen LogP contribution in [0.15, 0.2) is 24.3 Å². The molecule has 1 saturated heterocycles. The van der Waals surface area contributed by atoms with Gasteiger partial charge in [-0.3, -0.25) is 24.1 Å². The standard InChI is InChI=1S/C21H21F3N2O5/c22-21(23,24)13-2-1-3-14(9-13)25-15(27)10-31-16(28)6-7-26-19(29)17-11-4-5-12(8-11)18(17)20(26)30/h1-3,9,11-12,17-18H,4-8,10H2,(H,25,27)/t11-,12-,17+,18+/m0/s1. The van der Waals surface area contributed by atoms with E-state index in [1.807, 2.05) is 0 Å². The van der Waals surface area contributed by atoms with Gasteiger partial charge in [-0.1, -0.05) is 6.07 Å². The Hall–Kier alpha value is -2.91. The second-order valence-corrected chi connectivity index (χ2v) is 8.25. The molecule has 1 aromatic rings. The van der Waals surface area contributed by atoms with Crippen molar-refractivity contribution in [2.24, 2.45) is 23.7 Å². The molecule has 1 N–H and O–H groups in total. The maximum atomic E-state index is 12.7. The molecule has 1 heterocycles. The third-order valence-electron chi connectivity index (χ3n) is 6.40. The van der Waals surface area contributed by atoms with Gasteiger partial charge in [0.2, 0.25) is 11.8 Å². The van der Waals surface area contributed by atoms with E-state index in [1.165, 1.54) is 6.07 Å². The maximum Gasteiger partial charge on any atom is 0.416 e. The first-order chi connectivity index (χ1) is 14.6. The van der Waals surface area contributed by atoms with E-state index in [0.29, 0.717) is 0 Å². The predicted octanol–water partition coefficient (Wildman–Crippen LogP) is 2.61. The van der Waals surface area contributed by atoms with Crippen LogP contribution in [0, 0.1) is 23.7 Å². The molecule has 1 aromatic carbocycles. The van der Waals surface area contributed by atoms with Crippen LogP contribution < -0.4 is 5.32 Å². The minimum absolute atomic E-state index is 0.0784. The lowest BCUT2D eigenvalue weighted by molar-refractivity contribution is -0.149. The Kier molecular flexibility index (Phi) is 5.49. The first-order valence-corrected chi connectivity index (χ1v) is 10.1. The second kappa shape index (κ2) is 7.97. The van der Waals surface area contributed by atoms with Gasteiger partial charge in [-0.15, -0.1) is 0 Å². The van der Waals surface area contributed by atoms with Gasteiger partial charge in [0, 0.05) is 12.2 Å². The quantitative estimate of drug-likeness (QED) is 0.545. The number of likely N-dealkylation sites (tertiary alicyclic amines) is 1. The number of hydrogen-bond donors (Lipinski definition) is 1. The van der Waals surface area contributed by atoms with Crippen molar-refractivity contribution in [3.63, 3.8) is 0 Å². The number of carbonyl (C=O) groups excluding carboxylic acids is 4. The van der Waals surface area contributed by atoms with Crippen molar-refractivity contribution in [3.8, 4) is 0 Å². The normalized spacial score (nSPS) is 26.9. The fourth-order valence-electron chi connectivity index (χ4n) is 5.08. The van der Waals surface area contributed by atoms with Crippen LogP contribution >= 0.6 is 0 Å². The molecule has 4 atom stereocenters. The smallest absolute Gasteiger partial charge is 0.416 e. The summed E-state index contributed by atoms with van der Waals surface area (Å²) in [6.07, 6.45) is -1.95. The number of halogens is 3. The third-order valence-corrected chi connectivity index (χ3v) is 6.40. The van der Waals surface area contributed by atoms with E-state index >= 15 is 0 Å². The number of amides is 3. The van der Waals surface area contributed by atoms with Crippen LogP contribution in [0.3, 0.4) is 0 Å². The zero-order chi connectivity index (χ0) is 22.3. The molecular formula is C21H21F3N2O5. The first kappa shape index (κ1) is 21.3. The van der Waals surface area contributed by atoms with Crippen molar-refractivity contribution in [1.82, 2.24) is 4.90 Å². The molecule has 1 aliphatic heterocycles. The molecule has 4 rings (SSSR count). The number of rotatable bonds is 6. The summed E-state index contributed by atoms with van der Waals surface area (Å²) in [6, 6.07) is 4.07. The number of fused-ring (bicyclic) bond motifs is 5. The number of benzene rings is 1. The van der Waals surface area contributed by atoms with Crippen molar-refractivity contribution in [1.29, 1.82) is 0 Å². The van der Waals surface area contributed by atoms with Gasteiger partial charge < -0.3 is 10.1 Å². The van der Waals surface area contributed by atoms with Crippen LogP contribution in [0.2, 0.25) is 0 Å². The summed E-state index contributed by atoms with van der Waals surface area (Å²) in [6.45, 7) is -0.787. The Morgan fingerprint density at radius 2 is 1.74 bits per heavy atom. The summed E-state index contributed by atoms with van der Waals surface area (Å²) in [4.78, 5) is 50.1. The van der Waals surface area contributed by atoms with E-state index in [1.54, 1.807) is 0 Å². The third kappa shape index (κ3) is 4.15. The molecule has 31 heavy (non-hydrogen) atoms. The highest BCUT2D eigenvalue weighted by molar-refractivity contribution is 6.06. The largest absolute Gasteiger partial charge is 0.456 e. The summed E-state index contributed by atoms with van der Waals surface area (Å²) in [5, 5.41) is 2.23. The molecule has 3 fully saturated rings. The molecule has 2 aliphatic carbocycles. The molecule has 0 spiro atoms. The molecule has 3 aliphatic rings. The van der Waals surface area contributed by atoms with Crippen molar-refractivity contribution >= 4 is 29.4 Å². The van der Waals surface area contributed by atoms with E-state index < -0.39 is 30.2 Å². The topological polar surface area (TPSA) is 92.8 Å². The summed E-state index contributed by atoms with van der Waals surface area (Å²) >= 11 is 0. The molecule has 0 radical (unpaired) electrons. The van der Waals surface area contributed by atoms with E-state index in [-0.39, 0.29) is 54.1 Å². The Bertz CT molecular complexity index is 904. The summed E-state index contributed by atoms with van der Waals surface area (Å²) < 4.78 is 43.0. The number of hydrogen-bond acceptors (Lipinski definition) is 5. The van der Waals surface area contributed by atoms with E-state index in [9.17, 15) is 32.3 Å². The molecule has 0 unspecified atom stereocenters. The van der Waals surface area contributed by atoms with Crippen LogP contribution in [-0.2, 0) is 30.1 Å². The molecular weight excluding hydrogens is 417 g/mol. The number of esters is 1. The molecule has 10 heteroatoms. The number of nitrogens with one attached hydrogen (secondary N) is 1. The molecule has 7 nitrogen and oxygen atoms in total. The minimum atomic E-state index is -4.55. The van der Waals surface area contributed by atoms with Gasteiger partial charge in [-0.2, -0.15) is 13.2 Å². The highest BCUT2D eigenvalue weighted by atomic mass is 19.4. The Labute approximate surface area is 175 Å². The van der Waals surface area contributed by atoms with Crippen molar-refractivity contribution in [2.75, 3.05) is 18.5 Å². The SMILES string of the molecule is O=C(COC(=O)CCN1C(=O)[C@@H]2[C@H]3CC[C@@H](C3)[C@H]2C1=O)Nc1cccc(C(F)(F)F)c1.